The Kier molecular flexibility index (Phi) is 23.3. The molecule has 0 aliphatic carbocycles. The Balaban J connectivity index is 1.07. The molecule has 2 fully saturated rings. The first kappa shape index (κ1) is 71.2. The number of primary amides is 1. The number of ether oxygens (including phenoxy) is 2. The minimum absolute atomic E-state index is 0.0655. The number of aromatic hydroxyl groups is 1. The molecule has 5 aliphatic heterocycles. The third kappa shape index (κ3) is 17.6. The maximum atomic E-state index is 15.3. The number of rotatable bonds is 16. The molecule has 33 nitrogen and oxygen atoms in total. The monoisotopic (exact) mass is 1340 g/mol. The van der Waals surface area contributed by atoms with Crippen LogP contribution in [-0.2, 0) is 93.8 Å². The molecule has 14 amide bonds. The highest BCUT2D eigenvalue weighted by molar-refractivity contribution is 7.85. The summed E-state index contributed by atoms with van der Waals surface area (Å²) < 4.78 is 27.4. The van der Waals surface area contributed by atoms with E-state index in [4.69, 9.17) is 15.2 Å². The molecule has 512 valence electrons. The number of aromatic amines is 1. The van der Waals surface area contributed by atoms with Gasteiger partial charge >= 0.3 is 0 Å². The molecule has 2 saturated heterocycles. The molecule has 3 aromatic rings. The molecule has 0 saturated carbocycles. The summed E-state index contributed by atoms with van der Waals surface area (Å²) in [5.41, 5.74) is 6.49. The van der Waals surface area contributed by atoms with Crippen LogP contribution >= 0.6 is 0 Å². The van der Waals surface area contributed by atoms with Crippen molar-refractivity contribution in [3.8, 4) is 5.75 Å². The lowest BCUT2D eigenvalue weighted by Gasteiger charge is -2.33. The minimum atomic E-state index is -2.44. The number of phenolic OH excluding ortho intramolecular Hbond substituents is 1. The highest BCUT2D eigenvalue weighted by atomic mass is 32.2. The Labute approximate surface area is 546 Å². The number of aliphatic hydroxyl groups is 1. The van der Waals surface area contributed by atoms with Crippen molar-refractivity contribution in [2.45, 2.75) is 146 Å². The smallest absolute Gasteiger partial charge is 0.253 e. The van der Waals surface area contributed by atoms with Gasteiger partial charge in [-0.15, -0.1) is 0 Å². The van der Waals surface area contributed by atoms with Gasteiger partial charge in [0.1, 0.15) is 59.1 Å². The second kappa shape index (κ2) is 31.0. The highest BCUT2D eigenvalue weighted by Gasteiger charge is 2.47. The first-order chi connectivity index (χ1) is 45.0. The molecule has 2 bridgehead atoms. The van der Waals surface area contributed by atoms with E-state index in [-0.39, 0.29) is 52.5 Å². The number of hydrogen-bond donors (Lipinski definition) is 14. The number of nitrogens with two attached hydrogens (primary N) is 1. The number of aliphatic hydroxyl groups excluding tert-OH is 1. The number of carbonyl (C=O) groups is 14. The Morgan fingerprint density at radius 2 is 1.44 bits per heavy atom. The fourth-order valence-electron chi connectivity index (χ4n) is 11.4. The van der Waals surface area contributed by atoms with Crippen LogP contribution in [0.1, 0.15) is 84.6 Å². The number of H-pyrrole nitrogens is 1. The van der Waals surface area contributed by atoms with Crippen molar-refractivity contribution < 1.29 is 91.0 Å². The van der Waals surface area contributed by atoms with Gasteiger partial charge in [0, 0.05) is 73.1 Å². The van der Waals surface area contributed by atoms with E-state index >= 15 is 4.79 Å². The molecule has 34 heteroatoms. The molecule has 0 radical (unpaired) electrons. The van der Waals surface area contributed by atoms with E-state index in [2.05, 4.69) is 58.2 Å². The van der Waals surface area contributed by atoms with Crippen molar-refractivity contribution in [1.29, 1.82) is 0 Å². The van der Waals surface area contributed by atoms with Crippen LogP contribution in [-0.4, -0.2) is 211 Å². The predicted octanol–water partition coefficient (Wildman–Crippen LogP) is -4.26. The fourth-order valence-corrected chi connectivity index (χ4v) is 12.8. The van der Waals surface area contributed by atoms with Gasteiger partial charge in [0.25, 0.3) is 11.8 Å². The van der Waals surface area contributed by atoms with Gasteiger partial charge in [0.05, 0.1) is 60.4 Å². The summed E-state index contributed by atoms with van der Waals surface area (Å²) in [7, 11) is -2.44. The molecular formula is C61H78N14O19S. The molecule has 0 spiro atoms. The number of benzene rings is 2. The number of nitrogens with one attached hydrogen (secondary N) is 11. The maximum Gasteiger partial charge on any atom is 0.253 e. The Morgan fingerprint density at radius 1 is 0.768 bits per heavy atom. The second-order valence-corrected chi connectivity index (χ2v) is 25.7. The average molecular weight is 1340 g/mol. The number of fused-ring (bicyclic) bond motifs is 5. The van der Waals surface area contributed by atoms with Gasteiger partial charge in [-0.25, -0.2) is 0 Å². The number of hydrogen-bond acceptors (Lipinski definition) is 19. The summed E-state index contributed by atoms with van der Waals surface area (Å²) in [5.74, 6) is -15.5. The summed E-state index contributed by atoms with van der Waals surface area (Å²) in [6.45, 7) is 7.10. The molecule has 6 heterocycles. The number of anilines is 1. The molecule has 15 N–H and O–H groups in total. The lowest BCUT2D eigenvalue weighted by molar-refractivity contribution is -0.144. The van der Waals surface area contributed by atoms with E-state index in [9.17, 15) is 76.8 Å². The van der Waals surface area contributed by atoms with Crippen LogP contribution in [0.5, 0.6) is 5.75 Å². The molecular weight excluding hydrogens is 1260 g/mol. The number of nitrogens with zero attached hydrogens (tertiary/aromatic N) is 2. The number of aromatic nitrogens is 1. The quantitative estimate of drug-likeness (QED) is 0.0604. The van der Waals surface area contributed by atoms with E-state index in [1.165, 1.54) is 44.2 Å². The third-order valence-electron chi connectivity index (χ3n) is 17.0. The van der Waals surface area contributed by atoms with Gasteiger partial charge in [-0.05, 0) is 48.6 Å². The summed E-state index contributed by atoms with van der Waals surface area (Å²) in [5, 5.41) is 47.2. The van der Waals surface area contributed by atoms with Crippen LogP contribution in [0.4, 0.5) is 5.69 Å². The van der Waals surface area contributed by atoms with Crippen LogP contribution in [0.3, 0.4) is 0 Å². The van der Waals surface area contributed by atoms with Crippen molar-refractivity contribution in [2.24, 2.45) is 23.5 Å². The van der Waals surface area contributed by atoms with Gasteiger partial charge in [-0.2, -0.15) is 0 Å². The molecule has 1 aromatic heterocycles. The van der Waals surface area contributed by atoms with E-state index in [0.717, 1.165) is 22.0 Å². The van der Waals surface area contributed by atoms with E-state index in [0.29, 0.717) is 12.0 Å². The van der Waals surface area contributed by atoms with Crippen molar-refractivity contribution in [3.05, 3.63) is 65.7 Å². The van der Waals surface area contributed by atoms with Crippen molar-refractivity contribution in [1.82, 2.24) is 62.6 Å². The molecule has 95 heavy (non-hydrogen) atoms. The first-order valence-corrected chi connectivity index (χ1v) is 32.2. The average Bonchev–Trinajstić information content (AvgIpc) is 1.66. The molecule has 7 unspecified atom stereocenters. The molecule has 8 rings (SSSR count). The molecule has 2 aromatic carbocycles. The lowest BCUT2D eigenvalue weighted by atomic mass is 9.93. The largest absolute Gasteiger partial charge is 0.508 e. The van der Waals surface area contributed by atoms with Crippen LogP contribution in [0.25, 0.3) is 10.9 Å². The van der Waals surface area contributed by atoms with Gasteiger partial charge < -0.3 is 88.5 Å². The van der Waals surface area contributed by atoms with Crippen molar-refractivity contribution >= 4 is 110 Å². The number of phenols is 1. The molecule has 5 aliphatic rings. The predicted molar refractivity (Wildman–Crippen MR) is 333 cm³/mol. The van der Waals surface area contributed by atoms with Gasteiger partial charge in [0.2, 0.25) is 70.9 Å². The van der Waals surface area contributed by atoms with Gasteiger partial charge in [-0.1, -0.05) is 53.2 Å². The minimum Gasteiger partial charge on any atom is -0.508 e. The SMILES string of the molecule is CC[C@H](C)[C@@H]1NC(=O)CNC(=O)C2Cc3c([nH]c4cc(O)ccc34)[S@](=O)CC(NC(=O)CNC1=O)C(=O)NC(CC(N)=O)C(=O)N1CC(O)CC1C(=O)N[C@@H]([C@@H](C)[C@@H]1COC(c3ccc(NC(=O)[C@@H](C)NC(=O)C(NC(=O)CCN4C(=O)C=CC4=O)C(C)C)cc3)O1)C(=O)N2. The van der Waals surface area contributed by atoms with Crippen LogP contribution < -0.4 is 58.9 Å². The summed E-state index contributed by atoms with van der Waals surface area (Å²) in [4.78, 5) is 196. The fraction of sp³-hybridized carbons (Fsp3) is 0.508. The van der Waals surface area contributed by atoms with Crippen LogP contribution in [0.2, 0.25) is 0 Å². The van der Waals surface area contributed by atoms with Crippen molar-refractivity contribution in [2.75, 3.05) is 43.9 Å². The Hall–Kier alpha value is -9.67. The Bertz CT molecular complexity index is 3580. The van der Waals surface area contributed by atoms with E-state index in [1.54, 1.807) is 39.8 Å². The zero-order chi connectivity index (χ0) is 69.3. The molecule has 14 atom stereocenters. The lowest BCUT2D eigenvalue weighted by Crippen LogP contribution is -2.62. The van der Waals surface area contributed by atoms with Crippen molar-refractivity contribution in [3.63, 3.8) is 0 Å². The normalized spacial score (nSPS) is 26.4. The first-order valence-electron chi connectivity index (χ1n) is 30.9. The number of imide groups is 1. The number of carbonyl (C=O) groups excluding carboxylic acids is 14. The number of amides is 14. The summed E-state index contributed by atoms with van der Waals surface area (Å²) in [6.07, 6.45) is -3.25. The summed E-state index contributed by atoms with van der Waals surface area (Å²) >= 11 is 0. The summed E-state index contributed by atoms with van der Waals surface area (Å²) in [6, 6.07) is -2.24. The maximum absolute atomic E-state index is 15.3. The topological polar surface area (TPSA) is 484 Å². The third-order valence-corrected chi connectivity index (χ3v) is 18.4. The van der Waals surface area contributed by atoms with Crippen LogP contribution in [0, 0.1) is 17.8 Å². The van der Waals surface area contributed by atoms with E-state index in [1.807, 2.05) is 0 Å². The Morgan fingerprint density at radius 3 is 2.11 bits per heavy atom. The van der Waals surface area contributed by atoms with Crippen LogP contribution in [0.15, 0.2) is 59.6 Å². The standard InChI is InChI=1S/C61H78N14O19S/c1-7-28(4)50-56(88)64-22-45(80)67-40-26-95(92)59-36(35-13-12-33(76)18-37(35)70-59)20-38(53(85)63-23-46(81)72-50)68-58(90)51(73-55(87)41-19-34(77)24-75(41)60(91)39(21-43(62)78)69-54(40)86)29(5)42-25-93-61(94-42)31-8-10-32(11-9-31)66-52(84)30(6)65-57(89)49(27(2)3)71-44(79)16-17-74-47(82)14-15-48(74)83/h8-15,18,27-30,34,38-42,49-51,61,70,76-77H,7,16-17,19-26H2,1-6H3,(H2,62,78)(H,63,85)(H,64,88)(H,65,89)(H,66,84)(H,67,80)(H,68,90)(H,69,86)(H,71,79)(H,72,81)(H,73,87)/t28-,29-,30+,34?,38?,39?,40?,41?,42-,49?,50-,51-,61?,95+/m0/s1. The highest BCUT2D eigenvalue weighted by Crippen LogP contribution is 2.34. The zero-order valence-corrected chi connectivity index (χ0v) is 53.6. The second-order valence-electron chi connectivity index (χ2n) is 24.3. The van der Waals surface area contributed by atoms with Gasteiger partial charge in [-0.3, -0.25) is 76.2 Å². The van der Waals surface area contributed by atoms with E-state index < -0.39 is 223 Å². The zero-order valence-electron chi connectivity index (χ0n) is 52.8. The van der Waals surface area contributed by atoms with Gasteiger partial charge in [0.15, 0.2) is 6.29 Å².